The lowest BCUT2D eigenvalue weighted by molar-refractivity contribution is -0.137. The molecule has 1 amide bonds. The van der Waals surface area contributed by atoms with Crippen molar-refractivity contribution in [1.29, 1.82) is 0 Å². The maximum atomic E-state index is 12.1. The molecule has 1 unspecified atom stereocenters. The third-order valence-corrected chi connectivity index (χ3v) is 3.66. The van der Waals surface area contributed by atoms with Crippen LogP contribution in [0.2, 0.25) is 0 Å². The van der Waals surface area contributed by atoms with Gasteiger partial charge in [0.2, 0.25) is 11.1 Å². The quantitative estimate of drug-likeness (QED) is 0.865. The standard InChI is InChI=1S/C12H14F3N5OS/c1-6-4-7(2)20-10(17-6)18-11(19-20)22-8(3)9(21)16-5-12(13,14)15/h4,8H,5H2,1-3H3,(H,16,21). The zero-order chi connectivity index (χ0) is 16.5. The zero-order valence-electron chi connectivity index (χ0n) is 12.1. The molecular weight excluding hydrogens is 319 g/mol. The van der Waals surface area contributed by atoms with E-state index in [4.69, 9.17) is 0 Å². The number of alkyl halides is 3. The molecule has 2 heterocycles. The van der Waals surface area contributed by atoms with Crippen LogP contribution in [0.3, 0.4) is 0 Å². The molecule has 0 saturated carbocycles. The molecule has 2 aromatic heterocycles. The average Bonchev–Trinajstić information content (AvgIpc) is 2.77. The van der Waals surface area contributed by atoms with Crippen LogP contribution in [0, 0.1) is 13.8 Å². The highest BCUT2D eigenvalue weighted by atomic mass is 32.2. The summed E-state index contributed by atoms with van der Waals surface area (Å²) >= 11 is 0.980. The molecule has 120 valence electrons. The van der Waals surface area contributed by atoms with E-state index in [2.05, 4.69) is 15.1 Å². The molecule has 1 atom stereocenters. The summed E-state index contributed by atoms with van der Waals surface area (Å²) in [5, 5.41) is 5.56. The summed E-state index contributed by atoms with van der Waals surface area (Å²) in [6, 6.07) is 1.83. The van der Waals surface area contributed by atoms with Crippen molar-refractivity contribution in [3.63, 3.8) is 0 Å². The van der Waals surface area contributed by atoms with E-state index in [1.165, 1.54) is 11.4 Å². The summed E-state index contributed by atoms with van der Waals surface area (Å²) in [7, 11) is 0. The molecule has 6 nitrogen and oxygen atoms in total. The number of halogens is 3. The van der Waals surface area contributed by atoms with Gasteiger partial charge in [-0.1, -0.05) is 11.8 Å². The topological polar surface area (TPSA) is 72.2 Å². The van der Waals surface area contributed by atoms with Gasteiger partial charge in [-0.2, -0.15) is 18.2 Å². The fourth-order valence-electron chi connectivity index (χ4n) is 1.74. The first-order valence-electron chi connectivity index (χ1n) is 6.38. The number of amides is 1. The van der Waals surface area contributed by atoms with Crippen LogP contribution in [0.15, 0.2) is 11.2 Å². The van der Waals surface area contributed by atoms with Crippen LogP contribution in [0.1, 0.15) is 18.3 Å². The number of carbonyl (C=O) groups is 1. The van der Waals surface area contributed by atoms with E-state index in [9.17, 15) is 18.0 Å². The number of carbonyl (C=O) groups excluding carboxylic acids is 1. The van der Waals surface area contributed by atoms with Gasteiger partial charge in [0.1, 0.15) is 6.54 Å². The molecule has 22 heavy (non-hydrogen) atoms. The van der Waals surface area contributed by atoms with Crippen molar-refractivity contribution in [2.24, 2.45) is 0 Å². The molecule has 2 rings (SSSR count). The van der Waals surface area contributed by atoms with Gasteiger partial charge < -0.3 is 5.32 Å². The molecule has 0 bridgehead atoms. The lowest BCUT2D eigenvalue weighted by Gasteiger charge is -2.11. The first-order chi connectivity index (χ1) is 10.2. The summed E-state index contributed by atoms with van der Waals surface area (Å²) in [6.45, 7) is 3.80. The van der Waals surface area contributed by atoms with Crippen molar-refractivity contribution in [2.75, 3.05) is 6.54 Å². The summed E-state index contributed by atoms with van der Waals surface area (Å²) in [5.74, 6) is -0.329. The third-order valence-electron chi connectivity index (χ3n) is 2.71. The Morgan fingerprint density at radius 2 is 2.09 bits per heavy atom. The van der Waals surface area contributed by atoms with Crippen molar-refractivity contribution in [3.05, 3.63) is 17.5 Å². The zero-order valence-corrected chi connectivity index (χ0v) is 12.9. The van der Waals surface area contributed by atoms with Gasteiger partial charge in [0.15, 0.2) is 0 Å². The molecule has 2 aromatic rings. The van der Waals surface area contributed by atoms with E-state index in [0.29, 0.717) is 5.78 Å². The first-order valence-corrected chi connectivity index (χ1v) is 7.26. The second-order valence-corrected chi connectivity index (χ2v) is 6.05. The molecule has 0 fully saturated rings. The predicted molar refractivity (Wildman–Crippen MR) is 74.6 cm³/mol. The van der Waals surface area contributed by atoms with Gasteiger partial charge in [0, 0.05) is 11.4 Å². The Morgan fingerprint density at radius 1 is 1.41 bits per heavy atom. The normalized spacial score (nSPS) is 13.4. The van der Waals surface area contributed by atoms with Gasteiger partial charge in [-0.25, -0.2) is 9.50 Å². The summed E-state index contributed by atoms with van der Waals surface area (Å²) < 4.78 is 37.7. The molecule has 1 N–H and O–H groups in total. The SMILES string of the molecule is Cc1cc(C)n2nc(SC(C)C(=O)NCC(F)(F)F)nc2n1. The Hall–Kier alpha value is -1.84. The van der Waals surface area contributed by atoms with E-state index < -0.39 is 23.9 Å². The Balaban J connectivity index is 2.07. The summed E-state index contributed by atoms with van der Waals surface area (Å²) in [6.07, 6.45) is -4.43. The van der Waals surface area contributed by atoms with E-state index >= 15 is 0 Å². The van der Waals surface area contributed by atoms with Crippen molar-refractivity contribution < 1.29 is 18.0 Å². The minimum Gasteiger partial charge on any atom is -0.346 e. The number of aryl methyl sites for hydroxylation is 2. The van der Waals surface area contributed by atoms with Crippen LogP contribution in [-0.2, 0) is 4.79 Å². The monoisotopic (exact) mass is 333 g/mol. The Kier molecular flexibility index (Phi) is 4.59. The van der Waals surface area contributed by atoms with Crippen LogP contribution in [-0.4, -0.2) is 43.5 Å². The number of nitrogens with one attached hydrogen (secondary N) is 1. The van der Waals surface area contributed by atoms with Gasteiger partial charge in [-0.3, -0.25) is 4.79 Å². The van der Waals surface area contributed by atoms with Crippen LogP contribution >= 0.6 is 11.8 Å². The Morgan fingerprint density at radius 3 is 2.73 bits per heavy atom. The highest BCUT2D eigenvalue weighted by Gasteiger charge is 2.29. The number of thioether (sulfide) groups is 1. The van der Waals surface area contributed by atoms with Gasteiger partial charge in [0.05, 0.1) is 5.25 Å². The third kappa shape index (κ3) is 4.09. The molecule has 0 aliphatic heterocycles. The second kappa shape index (κ2) is 6.11. The molecule has 0 aromatic carbocycles. The van der Waals surface area contributed by atoms with Gasteiger partial charge in [0.25, 0.3) is 5.78 Å². The van der Waals surface area contributed by atoms with Crippen LogP contribution in [0.25, 0.3) is 5.78 Å². The highest BCUT2D eigenvalue weighted by molar-refractivity contribution is 8.00. The summed E-state index contributed by atoms with van der Waals surface area (Å²) in [5.41, 5.74) is 1.61. The van der Waals surface area contributed by atoms with Crippen LogP contribution in [0.5, 0.6) is 0 Å². The number of fused-ring (bicyclic) bond motifs is 1. The Labute approximate surface area is 128 Å². The molecule has 0 aliphatic carbocycles. The lowest BCUT2D eigenvalue weighted by atomic mass is 10.4. The number of aromatic nitrogens is 4. The largest absolute Gasteiger partial charge is 0.405 e. The van der Waals surface area contributed by atoms with Gasteiger partial charge in [-0.15, -0.1) is 5.10 Å². The van der Waals surface area contributed by atoms with Crippen molar-refractivity contribution in [1.82, 2.24) is 24.9 Å². The predicted octanol–water partition coefficient (Wildman–Crippen LogP) is 1.90. The average molecular weight is 333 g/mol. The molecule has 0 saturated heterocycles. The fourth-order valence-corrected chi connectivity index (χ4v) is 2.51. The van der Waals surface area contributed by atoms with Crippen LogP contribution < -0.4 is 5.32 Å². The van der Waals surface area contributed by atoms with E-state index in [-0.39, 0.29) is 5.16 Å². The van der Waals surface area contributed by atoms with Gasteiger partial charge >= 0.3 is 6.18 Å². The molecule has 10 heteroatoms. The lowest BCUT2D eigenvalue weighted by Crippen LogP contribution is -2.38. The molecule has 0 aliphatic rings. The molecule has 0 spiro atoms. The highest BCUT2D eigenvalue weighted by Crippen LogP contribution is 2.21. The van der Waals surface area contributed by atoms with Crippen LogP contribution in [0.4, 0.5) is 13.2 Å². The number of hydrogen-bond donors (Lipinski definition) is 1. The van der Waals surface area contributed by atoms with E-state index in [1.54, 1.807) is 0 Å². The van der Waals surface area contributed by atoms with Crippen molar-refractivity contribution >= 4 is 23.4 Å². The van der Waals surface area contributed by atoms with E-state index in [1.807, 2.05) is 25.2 Å². The van der Waals surface area contributed by atoms with Crippen molar-refractivity contribution in [2.45, 2.75) is 37.4 Å². The van der Waals surface area contributed by atoms with Gasteiger partial charge in [-0.05, 0) is 26.8 Å². The maximum absolute atomic E-state index is 12.1. The first kappa shape index (κ1) is 16.5. The second-order valence-electron chi connectivity index (χ2n) is 4.74. The number of nitrogens with zero attached hydrogens (tertiary/aromatic N) is 4. The van der Waals surface area contributed by atoms with E-state index in [0.717, 1.165) is 23.1 Å². The number of hydrogen-bond acceptors (Lipinski definition) is 5. The molecule has 0 radical (unpaired) electrons. The molecular formula is C12H14F3N5OS. The Bertz CT molecular complexity index is 700. The summed E-state index contributed by atoms with van der Waals surface area (Å²) in [4.78, 5) is 20.0. The van der Waals surface area contributed by atoms with Crippen molar-refractivity contribution in [3.8, 4) is 0 Å². The minimum absolute atomic E-state index is 0.288. The minimum atomic E-state index is -4.43. The maximum Gasteiger partial charge on any atom is 0.405 e. The smallest absolute Gasteiger partial charge is 0.346 e. The fraction of sp³-hybridized carbons (Fsp3) is 0.500. The number of rotatable bonds is 4.